The lowest BCUT2D eigenvalue weighted by molar-refractivity contribution is -0.183. The number of ether oxygens (including phenoxy) is 1. The molecule has 1 saturated heterocycles. The third-order valence-electron chi connectivity index (χ3n) is 6.21. The van der Waals surface area contributed by atoms with Crippen molar-refractivity contribution in [2.45, 2.75) is 50.9 Å². The second kappa shape index (κ2) is 12.3. The number of nitrogens with zero attached hydrogens (tertiary/aromatic N) is 1. The van der Waals surface area contributed by atoms with Crippen LogP contribution in [0, 0.1) is 5.82 Å². The number of halogens is 4. The highest BCUT2D eigenvalue weighted by molar-refractivity contribution is 6.42. The fraction of sp³-hybridized carbons (Fsp3) is 0.286. The van der Waals surface area contributed by atoms with Crippen molar-refractivity contribution >= 4 is 46.6 Å². The molecule has 0 aromatic heterocycles. The number of morpholine rings is 1. The molecule has 2 amide bonds. The van der Waals surface area contributed by atoms with E-state index in [1.165, 1.54) is 17.1 Å². The van der Waals surface area contributed by atoms with Gasteiger partial charge in [-0.05, 0) is 59.5 Å². The fourth-order valence-electron chi connectivity index (χ4n) is 4.29. The molecule has 1 N–H and O–H groups in total. The Morgan fingerprint density at radius 2 is 1.65 bits per heavy atom. The van der Waals surface area contributed by atoms with Crippen LogP contribution in [0.25, 0.3) is 0 Å². The van der Waals surface area contributed by atoms with Crippen molar-refractivity contribution in [3.63, 3.8) is 0 Å². The van der Waals surface area contributed by atoms with E-state index in [0.29, 0.717) is 32.6 Å². The van der Waals surface area contributed by atoms with E-state index in [0.717, 1.165) is 12.0 Å². The van der Waals surface area contributed by atoms with Crippen molar-refractivity contribution in [3.05, 3.63) is 104 Å². The van der Waals surface area contributed by atoms with Gasteiger partial charge in [-0.15, -0.1) is 0 Å². The number of nitrogens with one attached hydrogen (secondary N) is 1. The Hall–Kier alpha value is -2.64. The van der Waals surface area contributed by atoms with Gasteiger partial charge >= 0.3 is 0 Å². The van der Waals surface area contributed by atoms with Crippen molar-refractivity contribution in [2.75, 3.05) is 0 Å². The lowest BCUT2D eigenvalue weighted by Gasteiger charge is -2.44. The molecule has 4 rings (SSSR count). The number of amides is 2. The van der Waals surface area contributed by atoms with Gasteiger partial charge < -0.3 is 4.74 Å². The second-order valence-corrected chi connectivity index (χ2v) is 10.1. The molecule has 1 aliphatic rings. The first-order valence-corrected chi connectivity index (χ1v) is 13.1. The molecule has 37 heavy (non-hydrogen) atoms. The molecule has 0 saturated carbocycles. The minimum atomic E-state index is -0.944. The van der Waals surface area contributed by atoms with Gasteiger partial charge in [0.25, 0.3) is 5.91 Å². The summed E-state index contributed by atoms with van der Waals surface area (Å²) in [7, 11) is 0. The fourth-order valence-corrected chi connectivity index (χ4v) is 4.73. The minimum absolute atomic E-state index is 0.186. The Kier molecular flexibility index (Phi) is 9.08. The largest absolute Gasteiger partial charge is 0.357 e. The summed E-state index contributed by atoms with van der Waals surface area (Å²) in [5.41, 5.74) is 4.94. The van der Waals surface area contributed by atoms with Gasteiger partial charge in [-0.2, -0.15) is 0 Å². The van der Waals surface area contributed by atoms with E-state index < -0.39 is 24.2 Å². The third kappa shape index (κ3) is 6.63. The highest BCUT2D eigenvalue weighted by Crippen LogP contribution is 2.43. The molecule has 0 aliphatic carbocycles. The van der Waals surface area contributed by atoms with Crippen LogP contribution in [0.15, 0.2) is 66.7 Å². The van der Waals surface area contributed by atoms with Gasteiger partial charge in [0.05, 0.1) is 10.0 Å². The Balaban J connectivity index is 1.78. The van der Waals surface area contributed by atoms with E-state index in [4.69, 9.17) is 39.5 Å². The predicted octanol–water partition coefficient (Wildman–Crippen LogP) is 7.26. The van der Waals surface area contributed by atoms with Crippen LogP contribution >= 0.6 is 34.8 Å². The summed E-state index contributed by atoms with van der Waals surface area (Å²) in [6, 6.07) is 17.3. The molecule has 0 bridgehead atoms. The Bertz CT molecular complexity index is 1250. The average molecular weight is 564 g/mol. The monoisotopic (exact) mass is 562 g/mol. The van der Waals surface area contributed by atoms with Crippen LogP contribution < -0.4 is 5.43 Å². The maximum Gasteiger partial charge on any atom is 0.271 e. The third-order valence-corrected chi connectivity index (χ3v) is 7.20. The van der Waals surface area contributed by atoms with Crippen LogP contribution in [0.3, 0.4) is 0 Å². The van der Waals surface area contributed by atoms with Gasteiger partial charge in [0.1, 0.15) is 24.1 Å². The molecular weight excluding hydrogens is 538 g/mol. The highest BCUT2D eigenvalue weighted by Gasteiger charge is 2.45. The number of hydrogen-bond donors (Lipinski definition) is 1. The smallest absolute Gasteiger partial charge is 0.271 e. The molecule has 5 nitrogen and oxygen atoms in total. The minimum Gasteiger partial charge on any atom is -0.357 e. The second-order valence-electron chi connectivity index (χ2n) is 8.89. The number of unbranched alkanes of at least 4 members (excludes halogenated alkanes) is 1. The summed E-state index contributed by atoms with van der Waals surface area (Å²) in [4.78, 5) is 26.6. The van der Waals surface area contributed by atoms with Gasteiger partial charge in [-0.3, -0.25) is 15.0 Å². The van der Waals surface area contributed by atoms with E-state index in [2.05, 4.69) is 5.43 Å². The molecule has 1 aliphatic heterocycles. The van der Waals surface area contributed by atoms with Crippen molar-refractivity contribution < 1.29 is 18.7 Å². The molecule has 3 aromatic rings. The summed E-state index contributed by atoms with van der Waals surface area (Å²) < 4.78 is 19.9. The van der Waals surface area contributed by atoms with Gasteiger partial charge in [0.15, 0.2) is 0 Å². The standard InChI is InChI=1S/C28H26Cl3FN2O3/c1-2-3-4-25(35)33-34-26(18-7-10-20(29)11-8-18)27(19-9-14-22(30)23(31)16-19)37-24(28(34)36)15-17-5-12-21(32)13-6-17/h5-14,16,24,26-27H,2-4,15H2,1H3,(H,33,35)/t24-,26-,27+/m0/s1. The topological polar surface area (TPSA) is 58.6 Å². The van der Waals surface area contributed by atoms with E-state index in [1.807, 2.05) is 6.92 Å². The van der Waals surface area contributed by atoms with Gasteiger partial charge in [0.2, 0.25) is 5.91 Å². The summed E-state index contributed by atoms with van der Waals surface area (Å²) in [5.74, 6) is -1.06. The molecule has 1 heterocycles. The molecule has 3 atom stereocenters. The summed E-state index contributed by atoms with van der Waals surface area (Å²) in [6.45, 7) is 1.99. The Labute approximate surface area is 230 Å². The molecule has 1 fully saturated rings. The van der Waals surface area contributed by atoms with Crippen molar-refractivity contribution in [1.82, 2.24) is 10.4 Å². The van der Waals surface area contributed by atoms with Crippen molar-refractivity contribution in [1.29, 1.82) is 0 Å². The zero-order chi connectivity index (χ0) is 26.5. The average Bonchev–Trinajstić information content (AvgIpc) is 2.88. The van der Waals surface area contributed by atoms with Crippen LogP contribution in [0.5, 0.6) is 0 Å². The lowest BCUT2D eigenvalue weighted by atomic mass is 9.91. The first kappa shape index (κ1) is 27.4. The lowest BCUT2D eigenvalue weighted by Crippen LogP contribution is -2.58. The van der Waals surface area contributed by atoms with Crippen LogP contribution in [-0.2, 0) is 20.7 Å². The first-order valence-electron chi connectivity index (χ1n) is 12.0. The molecule has 0 spiro atoms. The van der Waals surface area contributed by atoms with Gasteiger partial charge in [-0.1, -0.05) is 78.5 Å². The zero-order valence-corrected chi connectivity index (χ0v) is 22.4. The van der Waals surface area contributed by atoms with Gasteiger partial charge in [-0.25, -0.2) is 9.40 Å². The van der Waals surface area contributed by atoms with Crippen molar-refractivity contribution in [2.24, 2.45) is 0 Å². The van der Waals surface area contributed by atoms with Crippen LogP contribution in [0.2, 0.25) is 15.1 Å². The number of carbonyl (C=O) groups is 2. The van der Waals surface area contributed by atoms with E-state index in [1.54, 1.807) is 54.6 Å². The van der Waals surface area contributed by atoms with Crippen LogP contribution in [0.4, 0.5) is 4.39 Å². The maximum absolute atomic E-state index is 13.8. The normalized spacial score (nSPS) is 19.6. The Morgan fingerprint density at radius 1 is 0.973 bits per heavy atom. The number of carbonyl (C=O) groups excluding carboxylic acids is 2. The molecule has 0 unspecified atom stereocenters. The SMILES string of the molecule is CCCCC(=O)NN1C(=O)[C@H](Cc2ccc(F)cc2)O[C@H](c2ccc(Cl)c(Cl)c2)[C@@H]1c1ccc(Cl)cc1. The zero-order valence-electron chi connectivity index (χ0n) is 20.1. The van der Waals surface area contributed by atoms with E-state index in [-0.39, 0.29) is 24.6 Å². The van der Waals surface area contributed by atoms with Crippen molar-refractivity contribution in [3.8, 4) is 0 Å². The summed E-state index contributed by atoms with van der Waals surface area (Å²) in [6.07, 6.45) is 0.334. The molecule has 9 heteroatoms. The number of hydrogen-bond acceptors (Lipinski definition) is 3. The molecule has 194 valence electrons. The van der Waals surface area contributed by atoms with E-state index >= 15 is 0 Å². The summed E-state index contributed by atoms with van der Waals surface area (Å²) >= 11 is 18.6. The van der Waals surface area contributed by atoms with Crippen LogP contribution in [0.1, 0.15) is 55.0 Å². The summed E-state index contributed by atoms with van der Waals surface area (Å²) in [5, 5.41) is 2.60. The molecule has 0 radical (unpaired) electrons. The predicted molar refractivity (Wildman–Crippen MR) is 143 cm³/mol. The van der Waals surface area contributed by atoms with Gasteiger partial charge in [0, 0.05) is 17.9 Å². The van der Waals surface area contributed by atoms with Crippen LogP contribution in [-0.4, -0.2) is 22.9 Å². The number of rotatable bonds is 8. The molecule has 3 aromatic carbocycles. The number of hydrazine groups is 1. The van der Waals surface area contributed by atoms with E-state index in [9.17, 15) is 14.0 Å². The highest BCUT2D eigenvalue weighted by atomic mass is 35.5. The Morgan fingerprint density at radius 3 is 2.30 bits per heavy atom. The quantitative estimate of drug-likeness (QED) is 0.314. The molecular formula is C28H26Cl3FN2O3. The number of benzene rings is 3. The maximum atomic E-state index is 13.8. The first-order chi connectivity index (χ1) is 17.8.